The van der Waals surface area contributed by atoms with Crippen LogP contribution in [0.1, 0.15) is 12.0 Å². The minimum absolute atomic E-state index is 0.458. The number of nitrogens with two attached hydrogens (primary N) is 1. The number of nitrogen functional groups attached to an aromatic ring is 1. The highest BCUT2D eigenvalue weighted by atomic mass is 16.4. The van der Waals surface area contributed by atoms with Crippen molar-refractivity contribution in [2.75, 3.05) is 18.8 Å². The van der Waals surface area contributed by atoms with Crippen LogP contribution in [-0.4, -0.2) is 29.2 Å². The maximum Gasteiger partial charge on any atom is 0.407 e. The van der Waals surface area contributed by atoms with Gasteiger partial charge in [-0.25, -0.2) is 4.79 Å². The predicted molar refractivity (Wildman–Crippen MR) is 63.0 cm³/mol. The van der Waals surface area contributed by atoms with E-state index in [9.17, 15) is 4.79 Å². The summed E-state index contributed by atoms with van der Waals surface area (Å²) in [6.45, 7) is 1.01. The summed E-state index contributed by atoms with van der Waals surface area (Å²) in [5.41, 5.74) is 8.70. The Morgan fingerprint density at radius 1 is 1.44 bits per heavy atom. The summed E-state index contributed by atoms with van der Waals surface area (Å²) in [5, 5.41) is 8.82. The van der Waals surface area contributed by atoms with Gasteiger partial charge in [0.15, 0.2) is 0 Å². The van der Waals surface area contributed by atoms with Gasteiger partial charge in [-0.15, -0.1) is 0 Å². The molecule has 0 bridgehead atoms. The van der Waals surface area contributed by atoms with Crippen molar-refractivity contribution in [2.24, 2.45) is 0 Å². The lowest BCUT2D eigenvalue weighted by atomic mass is 9.99. The number of nitrogens with zero attached hydrogens (tertiary/aromatic N) is 1. The van der Waals surface area contributed by atoms with E-state index in [4.69, 9.17) is 10.8 Å². The summed E-state index contributed by atoms with van der Waals surface area (Å²) < 4.78 is 0. The van der Waals surface area contributed by atoms with Gasteiger partial charge in [-0.2, -0.15) is 0 Å². The number of amides is 1. The summed E-state index contributed by atoms with van der Waals surface area (Å²) in [5.74, 6) is 0. The van der Waals surface area contributed by atoms with E-state index >= 15 is 0 Å². The summed E-state index contributed by atoms with van der Waals surface area (Å²) in [6.07, 6.45) is 1.84. The lowest BCUT2D eigenvalue weighted by Crippen LogP contribution is -2.33. The van der Waals surface area contributed by atoms with Crippen LogP contribution >= 0.6 is 0 Å². The molecule has 4 nitrogen and oxygen atoms in total. The predicted octanol–water partition coefficient (Wildman–Crippen LogP) is 2.04. The van der Waals surface area contributed by atoms with Crippen LogP contribution in [0.4, 0.5) is 10.5 Å². The van der Waals surface area contributed by atoms with E-state index in [1.54, 1.807) is 0 Å². The van der Waals surface area contributed by atoms with E-state index < -0.39 is 6.09 Å². The summed E-state index contributed by atoms with van der Waals surface area (Å²) in [6, 6.07) is 7.67. The Kier molecular flexibility index (Phi) is 2.81. The van der Waals surface area contributed by atoms with E-state index in [2.05, 4.69) is 0 Å². The fourth-order valence-corrected chi connectivity index (χ4v) is 1.84. The second-order valence-electron chi connectivity index (χ2n) is 3.83. The van der Waals surface area contributed by atoms with Crippen LogP contribution in [0, 0.1) is 0 Å². The SMILES string of the molecule is Nc1cccc(C2=CCN(C(=O)O)CC2)c1. The normalized spacial score (nSPS) is 15.8. The van der Waals surface area contributed by atoms with Crippen LogP contribution in [-0.2, 0) is 0 Å². The Bertz CT molecular complexity index is 440. The monoisotopic (exact) mass is 218 g/mol. The van der Waals surface area contributed by atoms with Crippen molar-refractivity contribution >= 4 is 17.4 Å². The Morgan fingerprint density at radius 2 is 2.25 bits per heavy atom. The molecule has 0 atom stereocenters. The molecule has 0 saturated carbocycles. The van der Waals surface area contributed by atoms with Crippen molar-refractivity contribution < 1.29 is 9.90 Å². The molecule has 0 fully saturated rings. The standard InChI is InChI=1S/C12H14N2O2/c13-11-3-1-2-10(8-11)9-4-6-14(7-5-9)12(15)16/h1-4,8H,5-7,13H2,(H,15,16). The van der Waals surface area contributed by atoms with Crippen molar-refractivity contribution in [3.05, 3.63) is 35.9 Å². The number of hydrogen-bond donors (Lipinski definition) is 2. The third kappa shape index (κ3) is 2.16. The van der Waals surface area contributed by atoms with Gasteiger partial charge >= 0.3 is 6.09 Å². The van der Waals surface area contributed by atoms with Gasteiger partial charge < -0.3 is 15.7 Å². The largest absolute Gasteiger partial charge is 0.465 e. The van der Waals surface area contributed by atoms with Gasteiger partial charge in [0.25, 0.3) is 0 Å². The first-order chi connectivity index (χ1) is 7.66. The van der Waals surface area contributed by atoms with Gasteiger partial charge in [0.1, 0.15) is 0 Å². The quantitative estimate of drug-likeness (QED) is 0.709. The number of benzene rings is 1. The molecular formula is C12H14N2O2. The molecular weight excluding hydrogens is 204 g/mol. The average Bonchev–Trinajstić information content (AvgIpc) is 2.29. The van der Waals surface area contributed by atoms with Crippen molar-refractivity contribution in [3.63, 3.8) is 0 Å². The molecule has 4 heteroatoms. The molecule has 0 spiro atoms. The van der Waals surface area contributed by atoms with Gasteiger partial charge in [0.05, 0.1) is 0 Å². The maximum absolute atomic E-state index is 10.7. The molecule has 84 valence electrons. The first kappa shape index (κ1) is 10.5. The van der Waals surface area contributed by atoms with Crippen LogP contribution in [0.15, 0.2) is 30.3 Å². The van der Waals surface area contributed by atoms with E-state index in [1.807, 2.05) is 30.3 Å². The summed E-state index contributed by atoms with van der Waals surface area (Å²) in [7, 11) is 0. The second kappa shape index (κ2) is 4.26. The van der Waals surface area contributed by atoms with Crippen LogP contribution in [0.2, 0.25) is 0 Å². The number of carboxylic acid groups (broad SMARTS) is 1. The second-order valence-corrected chi connectivity index (χ2v) is 3.83. The minimum Gasteiger partial charge on any atom is -0.465 e. The van der Waals surface area contributed by atoms with Gasteiger partial charge in [0.2, 0.25) is 0 Å². The number of carbonyl (C=O) groups is 1. The fraction of sp³-hybridized carbons (Fsp3) is 0.250. The first-order valence-corrected chi connectivity index (χ1v) is 5.19. The zero-order valence-electron chi connectivity index (χ0n) is 8.89. The van der Waals surface area contributed by atoms with Crippen molar-refractivity contribution in [3.8, 4) is 0 Å². The van der Waals surface area contributed by atoms with Crippen molar-refractivity contribution in [1.82, 2.24) is 4.90 Å². The van der Waals surface area contributed by atoms with Crippen molar-refractivity contribution in [1.29, 1.82) is 0 Å². The highest BCUT2D eigenvalue weighted by Crippen LogP contribution is 2.23. The fourth-order valence-electron chi connectivity index (χ4n) is 1.84. The molecule has 0 aliphatic carbocycles. The molecule has 2 rings (SSSR count). The number of hydrogen-bond acceptors (Lipinski definition) is 2. The Balaban J connectivity index is 2.16. The van der Waals surface area contributed by atoms with Crippen molar-refractivity contribution in [2.45, 2.75) is 6.42 Å². The summed E-state index contributed by atoms with van der Waals surface area (Å²) >= 11 is 0. The zero-order chi connectivity index (χ0) is 11.5. The number of rotatable bonds is 1. The molecule has 1 aromatic carbocycles. The molecule has 1 aromatic rings. The molecule has 0 saturated heterocycles. The lowest BCUT2D eigenvalue weighted by Gasteiger charge is -2.23. The van der Waals surface area contributed by atoms with Crippen LogP contribution in [0.3, 0.4) is 0 Å². The molecule has 1 aliphatic heterocycles. The van der Waals surface area contributed by atoms with E-state index in [0.717, 1.165) is 17.7 Å². The van der Waals surface area contributed by atoms with Gasteiger partial charge in [-0.3, -0.25) is 0 Å². The summed E-state index contributed by atoms with van der Waals surface area (Å²) in [4.78, 5) is 12.1. The average molecular weight is 218 g/mol. The Hall–Kier alpha value is -1.97. The highest BCUT2D eigenvalue weighted by molar-refractivity contribution is 5.72. The number of anilines is 1. The smallest absolute Gasteiger partial charge is 0.407 e. The lowest BCUT2D eigenvalue weighted by molar-refractivity contribution is 0.150. The third-order valence-electron chi connectivity index (χ3n) is 2.74. The van der Waals surface area contributed by atoms with Crippen LogP contribution in [0.25, 0.3) is 5.57 Å². The Morgan fingerprint density at radius 3 is 2.81 bits per heavy atom. The molecule has 0 unspecified atom stereocenters. The van der Waals surface area contributed by atoms with Gasteiger partial charge in [-0.05, 0) is 29.7 Å². The maximum atomic E-state index is 10.7. The van der Waals surface area contributed by atoms with E-state index in [-0.39, 0.29) is 0 Å². The van der Waals surface area contributed by atoms with Gasteiger partial charge in [-0.1, -0.05) is 18.2 Å². The molecule has 3 N–H and O–H groups in total. The molecule has 1 heterocycles. The molecule has 0 aromatic heterocycles. The molecule has 1 amide bonds. The highest BCUT2D eigenvalue weighted by Gasteiger charge is 2.16. The molecule has 1 aliphatic rings. The van der Waals surface area contributed by atoms with E-state index in [0.29, 0.717) is 13.1 Å². The third-order valence-corrected chi connectivity index (χ3v) is 2.74. The topological polar surface area (TPSA) is 66.6 Å². The molecule has 16 heavy (non-hydrogen) atoms. The van der Waals surface area contributed by atoms with Crippen LogP contribution < -0.4 is 5.73 Å². The minimum atomic E-state index is -0.858. The van der Waals surface area contributed by atoms with Crippen LogP contribution in [0.5, 0.6) is 0 Å². The first-order valence-electron chi connectivity index (χ1n) is 5.19. The Labute approximate surface area is 94.0 Å². The zero-order valence-corrected chi connectivity index (χ0v) is 8.89. The van der Waals surface area contributed by atoms with E-state index in [1.165, 1.54) is 10.5 Å². The molecule has 0 radical (unpaired) electrons. The van der Waals surface area contributed by atoms with Gasteiger partial charge in [0, 0.05) is 18.8 Å².